The number of rotatable bonds is 9. The lowest BCUT2D eigenvalue weighted by Gasteiger charge is -2.15. The van der Waals surface area contributed by atoms with Gasteiger partial charge in [0.1, 0.15) is 0 Å². The molecule has 0 aliphatic carbocycles. The second-order valence-corrected chi connectivity index (χ2v) is 6.79. The third-order valence-electron chi connectivity index (χ3n) is 4.42. The molecule has 3 N–H and O–H groups in total. The fourth-order valence-corrected chi connectivity index (χ4v) is 2.88. The van der Waals surface area contributed by atoms with Gasteiger partial charge < -0.3 is 15.7 Å². The zero-order valence-electron chi connectivity index (χ0n) is 17.4. The Balaban J connectivity index is 2.36. The summed E-state index contributed by atoms with van der Waals surface area (Å²) in [6.07, 6.45) is 9.64. The number of aliphatic imine (C=N–C) groups is 1. The van der Waals surface area contributed by atoms with Gasteiger partial charge in [0, 0.05) is 36.6 Å². The van der Waals surface area contributed by atoms with E-state index in [1.54, 1.807) is 12.4 Å². The Kier molecular flexibility index (Phi) is 9.07. The number of carboxylic acid groups (broad SMARTS) is 1. The summed E-state index contributed by atoms with van der Waals surface area (Å²) < 4.78 is 0. The van der Waals surface area contributed by atoms with Crippen LogP contribution in [0.4, 0.5) is 5.69 Å². The minimum atomic E-state index is -0.794. The number of nitrogens with one attached hydrogen (secondary N) is 2. The van der Waals surface area contributed by atoms with Gasteiger partial charge in [0.25, 0.3) is 0 Å². The summed E-state index contributed by atoms with van der Waals surface area (Å²) in [6.45, 7) is 4.73. The van der Waals surface area contributed by atoms with Gasteiger partial charge in [-0.1, -0.05) is 31.2 Å². The zero-order chi connectivity index (χ0) is 21.8. The molecule has 0 amide bonds. The van der Waals surface area contributed by atoms with E-state index in [2.05, 4.69) is 20.6 Å². The molecule has 7 nitrogen and oxygen atoms in total. The van der Waals surface area contributed by atoms with Gasteiger partial charge in [-0.05, 0) is 55.0 Å². The summed E-state index contributed by atoms with van der Waals surface area (Å²) in [5.74, 6) is -0.384. The highest BCUT2D eigenvalue weighted by atomic mass is 16.4. The van der Waals surface area contributed by atoms with Gasteiger partial charge in [0.2, 0.25) is 12.2 Å². The van der Waals surface area contributed by atoms with Gasteiger partial charge in [-0.2, -0.15) is 5.26 Å². The minimum Gasteiger partial charge on any atom is -0.481 e. The number of nitriles is 1. The normalized spacial score (nSPS) is 11.6. The summed E-state index contributed by atoms with van der Waals surface area (Å²) in [5, 5.41) is 24.2. The van der Waals surface area contributed by atoms with Crippen molar-refractivity contribution < 1.29 is 9.90 Å². The molecule has 0 aliphatic rings. The number of pyridine rings is 1. The molecule has 2 rings (SSSR count). The predicted molar refractivity (Wildman–Crippen MR) is 119 cm³/mol. The highest BCUT2D eigenvalue weighted by Gasteiger charge is 2.10. The summed E-state index contributed by atoms with van der Waals surface area (Å²) in [5.41, 5.74) is 4.76. The van der Waals surface area contributed by atoms with Gasteiger partial charge in [-0.15, -0.1) is 4.99 Å². The third kappa shape index (κ3) is 7.06. The molecule has 0 saturated carbocycles. The van der Waals surface area contributed by atoms with E-state index in [-0.39, 0.29) is 6.42 Å². The number of nitrogens with zero attached hydrogens (tertiary/aromatic N) is 3. The van der Waals surface area contributed by atoms with Gasteiger partial charge >= 0.3 is 5.97 Å². The van der Waals surface area contributed by atoms with Gasteiger partial charge in [-0.3, -0.25) is 9.78 Å². The molecule has 0 atom stereocenters. The molecule has 0 aliphatic heterocycles. The van der Waals surface area contributed by atoms with Crippen LogP contribution >= 0.6 is 0 Å². The van der Waals surface area contributed by atoms with Crippen molar-refractivity contribution in [3.63, 3.8) is 0 Å². The summed E-state index contributed by atoms with van der Waals surface area (Å²) >= 11 is 0. The minimum absolute atomic E-state index is 0.134. The number of guanidine groups is 1. The number of aromatic nitrogens is 1. The molecule has 7 heteroatoms. The number of aryl methyl sites for hydroxylation is 1. The topological polar surface area (TPSA) is 110 Å². The Morgan fingerprint density at radius 2 is 2.17 bits per heavy atom. The molecule has 30 heavy (non-hydrogen) atoms. The zero-order valence-corrected chi connectivity index (χ0v) is 17.4. The highest BCUT2D eigenvalue weighted by molar-refractivity contribution is 5.95. The van der Waals surface area contributed by atoms with Crippen molar-refractivity contribution >= 4 is 23.2 Å². The van der Waals surface area contributed by atoms with E-state index in [4.69, 9.17) is 10.4 Å². The maximum atomic E-state index is 10.8. The van der Waals surface area contributed by atoms with Crippen LogP contribution in [-0.2, 0) is 4.79 Å². The number of benzene rings is 1. The number of aliphatic carboxylic acids is 1. The van der Waals surface area contributed by atoms with Crippen molar-refractivity contribution in [2.45, 2.75) is 39.5 Å². The quantitative estimate of drug-likeness (QED) is 0.248. The van der Waals surface area contributed by atoms with Crippen LogP contribution in [0.5, 0.6) is 0 Å². The Hall–Kier alpha value is -3.66. The summed E-state index contributed by atoms with van der Waals surface area (Å²) in [4.78, 5) is 18.9. The van der Waals surface area contributed by atoms with Crippen LogP contribution in [-0.4, -0.2) is 28.6 Å². The molecule has 1 aromatic heterocycles. The maximum absolute atomic E-state index is 10.8. The molecular weight excluding hydrogens is 378 g/mol. The first-order valence-electron chi connectivity index (χ1n) is 9.96. The second-order valence-electron chi connectivity index (χ2n) is 6.79. The van der Waals surface area contributed by atoms with E-state index in [1.165, 1.54) is 0 Å². The van der Waals surface area contributed by atoms with Crippen molar-refractivity contribution in [3.8, 4) is 6.19 Å². The molecule has 0 spiro atoms. The average Bonchev–Trinajstić information content (AvgIpc) is 2.74. The lowest BCUT2D eigenvalue weighted by molar-refractivity contribution is -0.137. The molecule has 0 fully saturated rings. The van der Waals surface area contributed by atoms with Gasteiger partial charge in [-0.25, -0.2) is 0 Å². The molecule has 0 radical (unpaired) electrons. The molecule has 156 valence electrons. The number of carboxylic acids is 1. The fourth-order valence-electron chi connectivity index (χ4n) is 2.88. The van der Waals surface area contributed by atoms with Crippen LogP contribution in [0.3, 0.4) is 0 Å². The highest BCUT2D eigenvalue weighted by Crippen LogP contribution is 2.28. The average molecular weight is 406 g/mol. The number of hydrogen-bond acceptors (Lipinski definition) is 4. The first kappa shape index (κ1) is 22.6. The Morgan fingerprint density at radius 3 is 2.83 bits per heavy atom. The Morgan fingerprint density at radius 1 is 1.33 bits per heavy atom. The number of allylic oxidation sites excluding steroid dienone is 1. The van der Waals surface area contributed by atoms with E-state index in [0.717, 1.165) is 34.4 Å². The number of hydrogen-bond donors (Lipinski definition) is 3. The lowest BCUT2D eigenvalue weighted by Crippen LogP contribution is -2.31. The SMILES string of the molecule is CCCNC(=NC#N)Nc1cc(C(=CCCCC(=O)O)c2cccnc2)ccc1C. The Bertz CT molecular complexity index is 946. The third-order valence-corrected chi connectivity index (χ3v) is 4.42. The fraction of sp³-hybridized carbons (Fsp3) is 0.304. The molecule has 2 aromatic rings. The van der Waals surface area contributed by atoms with Gasteiger partial charge in [0.05, 0.1) is 0 Å². The van der Waals surface area contributed by atoms with Crippen molar-refractivity contribution in [2.24, 2.45) is 4.99 Å². The van der Waals surface area contributed by atoms with Crippen molar-refractivity contribution in [2.75, 3.05) is 11.9 Å². The Labute approximate surface area is 177 Å². The largest absolute Gasteiger partial charge is 0.481 e. The summed E-state index contributed by atoms with van der Waals surface area (Å²) in [7, 11) is 0. The van der Waals surface area contributed by atoms with Crippen molar-refractivity contribution in [1.82, 2.24) is 10.3 Å². The second kappa shape index (κ2) is 12.0. The number of unbranched alkanes of at least 4 members (excludes halogenated alkanes) is 1. The first-order chi connectivity index (χ1) is 14.5. The van der Waals surface area contributed by atoms with Crippen LogP contribution in [0.2, 0.25) is 0 Å². The molecule has 0 unspecified atom stereocenters. The molecular formula is C23H27N5O2. The van der Waals surface area contributed by atoms with E-state index < -0.39 is 5.97 Å². The molecule has 1 heterocycles. The molecule has 0 saturated heterocycles. The number of carbonyl (C=O) groups is 1. The van der Waals surface area contributed by atoms with Crippen LogP contribution in [0, 0.1) is 18.4 Å². The standard InChI is InChI=1S/C23H27N5O2/c1-3-12-26-23(27-16-24)28-21-14-18(11-10-17(21)2)20(8-4-5-9-22(29)30)19-7-6-13-25-15-19/h6-8,10-11,13-15H,3-5,9,12H2,1-2H3,(H,29,30)(H2,26,27,28). The van der Waals surface area contributed by atoms with Gasteiger partial charge in [0.15, 0.2) is 0 Å². The van der Waals surface area contributed by atoms with Crippen LogP contribution in [0.15, 0.2) is 53.8 Å². The van der Waals surface area contributed by atoms with Crippen molar-refractivity contribution in [3.05, 3.63) is 65.5 Å². The number of anilines is 1. The van der Waals surface area contributed by atoms with E-state index >= 15 is 0 Å². The maximum Gasteiger partial charge on any atom is 0.303 e. The van der Waals surface area contributed by atoms with Crippen LogP contribution < -0.4 is 10.6 Å². The molecule has 1 aromatic carbocycles. The van der Waals surface area contributed by atoms with Crippen LogP contribution in [0.1, 0.15) is 49.3 Å². The smallest absolute Gasteiger partial charge is 0.303 e. The molecule has 0 bridgehead atoms. The monoisotopic (exact) mass is 405 g/mol. The summed E-state index contributed by atoms with van der Waals surface area (Å²) in [6, 6.07) is 9.89. The predicted octanol–water partition coefficient (Wildman–Crippen LogP) is 4.33. The first-order valence-corrected chi connectivity index (χ1v) is 9.96. The van der Waals surface area contributed by atoms with E-state index in [0.29, 0.717) is 25.3 Å². The van der Waals surface area contributed by atoms with Crippen molar-refractivity contribution in [1.29, 1.82) is 5.26 Å². The lowest BCUT2D eigenvalue weighted by atomic mass is 9.96. The van der Waals surface area contributed by atoms with E-state index in [1.807, 2.05) is 56.4 Å². The van der Waals surface area contributed by atoms with E-state index in [9.17, 15) is 4.79 Å². The van der Waals surface area contributed by atoms with Crippen LogP contribution in [0.25, 0.3) is 5.57 Å².